The molecule has 2 aromatic rings. The Hall–Kier alpha value is -2.73. The molecule has 2 fully saturated rings. The number of benzene rings is 2. The predicted octanol–water partition coefficient (Wildman–Crippen LogP) is 3.52. The third-order valence-corrected chi connectivity index (χ3v) is 6.02. The molecule has 5 nitrogen and oxygen atoms in total. The number of amides is 2. The summed E-state index contributed by atoms with van der Waals surface area (Å²) in [6.45, 7) is 3.63. The van der Waals surface area contributed by atoms with Crippen molar-refractivity contribution in [2.45, 2.75) is 25.8 Å². The SMILES string of the molecule is O=C(Nc1ccc(F)cc1)[C@@H]1C[C@H](C(=O)N2CCCC2)CN(Cc2ccccc2)C1. The largest absolute Gasteiger partial charge is 0.342 e. The van der Waals surface area contributed by atoms with Gasteiger partial charge in [-0.1, -0.05) is 30.3 Å². The topological polar surface area (TPSA) is 52.7 Å². The van der Waals surface area contributed by atoms with Gasteiger partial charge in [0.25, 0.3) is 0 Å². The fourth-order valence-electron chi connectivity index (χ4n) is 4.50. The second-order valence-electron chi connectivity index (χ2n) is 8.34. The summed E-state index contributed by atoms with van der Waals surface area (Å²) in [6, 6.07) is 15.9. The predicted molar refractivity (Wildman–Crippen MR) is 114 cm³/mol. The summed E-state index contributed by atoms with van der Waals surface area (Å²) in [5.74, 6) is -0.743. The van der Waals surface area contributed by atoms with Gasteiger partial charge in [0.15, 0.2) is 0 Å². The lowest BCUT2D eigenvalue weighted by Crippen LogP contribution is -2.49. The highest BCUT2D eigenvalue weighted by Crippen LogP contribution is 2.27. The van der Waals surface area contributed by atoms with E-state index in [1.165, 1.54) is 17.7 Å². The first kappa shape index (κ1) is 20.5. The normalized spacial score (nSPS) is 22.1. The summed E-state index contributed by atoms with van der Waals surface area (Å²) < 4.78 is 13.2. The molecule has 2 aliphatic heterocycles. The molecule has 4 rings (SSSR count). The number of halogens is 1. The molecule has 0 unspecified atom stereocenters. The lowest BCUT2D eigenvalue weighted by molar-refractivity contribution is -0.138. The molecule has 2 saturated heterocycles. The van der Waals surface area contributed by atoms with E-state index in [2.05, 4.69) is 22.3 Å². The van der Waals surface area contributed by atoms with Crippen LogP contribution in [0.2, 0.25) is 0 Å². The van der Waals surface area contributed by atoms with Crippen molar-refractivity contribution in [3.63, 3.8) is 0 Å². The van der Waals surface area contributed by atoms with Gasteiger partial charge in [-0.05, 0) is 49.1 Å². The minimum atomic E-state index is -0.337. The summed E-state index contributed by atoms with van der Waals surface area (Å²) in [5.41, 5.74) is 1.74. The Labute approximate surface area is 176 Å². The van der Waals surface area contributed by atoms with Gasteiger partial charge in [0.1, 0.15) is 5.82 Å². The van der Waals surface area contributed by atoms with E-state index in [4.69, 9.17) is 0 Å². The molecule has 158 valence electrons. The number of nitrogens with one attached hydrogen (secondary N) is 1. The van der Waals surface area contributed by atoms with Crippen LogP contribution in [-0.4, -0.2) is 47.8 Å². The molecule has 2 heterocycles. The van der Waals surface area contributed by atoms with E-state index >= 15 is 0 Å². The molecule has 0 saturated carbocycles. The number of nitrogens with zero attached hydrogens (tertiary/aromatic N) is 2. The number of hydrogen-bond donors (Lipinski definition) is 1. The zero-order valence-corrected chi connectivity index (χ0v) is 17.1. The summed E-state index contributed by atoms with van der Waals surface area (Å²) in [6.07, 6.45) is 2.66. The fourth-order valence-corrected chi connectivity index (χ4v) is 4.50. The molecular weight excluding hydrogens is 381 g/mol. The maximum atomic E-state index is 13.2. The van der Waals surface area contributed by atoms with E-state index in [0.29, 0.717) is 31.7 Å². The molecule has 0 bridgehead atoms. The highest BCUT2D eigenvalue weighted by molar-refractivity contribution is 5.93. The smallest absolute Gasteiger partial charge is 0.228 e. The summed E-state index contributed by atoms with van der Waals surface area (Å²) >= 11 is 0. The van der Waals surface area contributed by atoms with Gasteiger partial charge in [0.05, 0.1) is 11.8 Å². The van der Waals surface area contributed by atoms with Gasteiger partial charge in [0, 0.05) is 38.4 Å². The minimum absolute atomic E-state index is 0.112. The van der Waals surface area contributed by atoms with Crippen molar-refractivity contribution in [1.29, 1.82) is 0 Å². The summed E-state index contributed by atoms with van der Waals surface area (Å²) in [4.78, 5) is 30.2. The molecule has 0 radical (unpaired) electrons. The van der Waals surface area contributed by atoms with Crippen LogP contribution in [0.25, 0.3) is 0 Å². The zero-order valence-electron chi connectivity index (χ0n) is 17.1. The zero-order chi connectivity index (χ0) is 20.9. The maximum absolute atomic E-state index is 13.2. The standard InChI is InChI=1S/C24H28FN3O2/c25-21-8-10-22(11-9-21)26-23(29)19-14-20(24(30)28-12-4-5-13-28)17-27(16-19)15-18-6-2-1-3-7-18/h1-3,6-11,19-20H,4-5,12-17H2,(H,26,29)/t19-,20+/m1/s1. The third kappa shape index (κ3) is 5.05. The number of anilines is 1. The number of hydrogen-bond acceptors (Lipinski definition) is 3. The highest BCUT2D eigenvalue weighted by atomic mass is 19.1. The Morgan fingerprint density at radius 1 is 0.933 bits per heavy atom. The van der Waals surface area contributed by atoms with Crippen LogP contribution in [0.1, 0.15) is 24.8 Å². The Morgan fingerprint density at radius 2 is 1.60 bits per heavy atom. The molecule has 0 spiro atoms. The Kier molecular flexibility index (Phi) is 6.43. The number of carbonyl (C=O) groups excluding carboxylic acids is 2. The van der Waals surface area contributed by atoms with Crippen LogP contribution >= 0.6 is 0 Å². The van der Waals surface area contributed by atoms with Crippen LogP contribution in [0.4, 0.5) is 10.1 Å². The van der Waals surface area contributed by atoms with Gasteiger partial charge >= 0.3 is 0 Å². The van der Waals surface area contributed by atoms with E-state index in [1.54, 1.807) is 12.1 Å². The average molecular weight is 410 g/mol. The quantitative estimate of drug-likeness (QED) is 0.822. The van der Waals surface area contributed by atoms with E-state index in [-0.39, 0.29) is 29.5 Å². The van der Waals surface area contributed by atoms with E-state index in [9.17, 15) is 14.0 Å². The van der Waals surface area contributed by atoms with Crippen LogP contribution < -0.4 is 5.32 Å². The van der Waals surface area contributed by atoms with E-state index < -0.39 is 0 Å². The maximum Gasteiger partial charge on any atom is 0.228 e. The second-order valence-corrected chi connectivity index (χ2v) is 8.34. The summed E-state index contributed by atoms with van der Waals surface area (Å²) in [7, 11) is 0. The first-order valence-electron chi connectivity index (χ1n) is 10.7. The second kappa shape index (κ2) is 9.39. The van der Waals surface area contributed by atoms with Gasteiger partial charge in [-0.25, -0.2) is 4.39 Å². The monoisotopic (exact) mass is 409 g/mol. The van der Waals surface area contributed by atoms with Gasteiger partial charge < -0.3 is 10.2 Å². The molecule has 0 aliphatic carbocycles. The molecule has 6 heteroatoms. The molecule has 30 heavy (non-hydrogen) atoms. The van der Waals surface area contributed by atoms with E-state index in [0.717, 1.165) is 25.9 Å². The average Bonchev–Trinajstić information content (AvgIpc) is 3.30. The minimum Gasteiger partial charge on any atom is -0.342 e. The molecular formula is C24H28FN3O2. The van der Waals surface area contributed by atoms with Crippen molar-refractivity contribution in [1.82, 2.24) is 9.80 Å². The van der Waals surface area contributed by atoms with E-state index in [1.807, 2.05) is 23.1 Å². The molecule has 2 amide bonds. The van der Waals surface area contributed by atoms with Crippen LogP contribution in [0.3, 0.4) is 0 Å². The van der Waals surface area contributed by atoms with Crippen molar-refractivity contribution in [3.05, 3.63) is 66.0 Å². The van der Waals surface area contributed by atoms with Gasteiger partial charge in [-0.3, -0.25) is 14.5 Å². The lowest BCUT2D eigenvalue weighted by atomic mass is 9.87. The van der Waals surface area contributed by atoms with Crippen molar-refractivity contribution in [2.75, 3.05) is 31.5 Å². The fraction of sp³-hybridized carbons (Fsp3) is 0.417. The first-order valence-corrected chi connectivity index (χ1v) is 10.7. The van der Waals surface area contributed by atoms with Crippen LogP contribution in [-0.2, 0) is 16.1 Å². The molecule has 0 aromatic heterocycles. The summed E-state index contributed by atoms with van der Waals surface area (Å²) in [5, 5.41) is 2.90. The number of likely N-dealkylation sites (tertiary alicyclic amines) is 2. The molecule has 1 N–H and O–H groups in total. The molecule has 2 aliphatic rings. The first-order chi connectivity index (χ1) is 14.6. The Morgan fingerprint density at radius 3 is 2.30 bits per heavy atom. The number of piperidine rings is 1. The van der Waals surface area contributed by atoms with Crippen molar-refractivity contribution >= 4 is 17.5 Å². The van der Waals surface area contributed by atoms with Crippen LogP contribution in [0, 0.1) is 17.7 Å². The van der Waals surface area contributed by atoms with Crippen molar-refractivity contribution in [3.8, 4) is 0 Å². The van der Waals surface area contributed by atoms with Crippen LogP contribution in [0.15, 0.2) is 54.6 Å². The van der Waals surface area contributed by atoms with Crippen LogP contribution in [0.5, 0.6) is 0 Å². The number of carbonyl (C=O) groups is 2. The molecule has 2 atom stereocenters. The van der Waals surface area contributed by atoms with Crippen molar-refractivity contribution < 1.29 is 14.0 Å². The Balaban J connectivity index is 1.48. The third-order valence-electron chi connectivity index (χ3n) is 6.02. The van der Waals surface area contributed by atoms with Crippen molar-refractivity contribution in [2.24, 2.45) is 11.8 Å². The van der Waals surface area contributed by atoms with Gasteiger partial charge in [0.2, 0.25) is 11.8 Å². The Bertz CT molecular complexity index is 866. The van der Waals surface area contributed by atoms with Gasteiger partial charge in [-0.15, -0.1) is 0 Å². The lowest BCUT2D eigenvalue weighted by Gasteiger charge is -2.38. The van der Waals surface area contributed by atoms with Gasteiger partial charge in [-0.2, -0.15) is 0 Å². The molecule has 2 aromatic carbocycles. The number of rotatable bonds is 5. The highest BCUT2D eigenvalue weighted by Gasteiger charge is 2.37.